The van der Waals surface area contributed by atoms with Gasteiger partial charge in [-0.2, -0.15) is 5.26 Å². The van der Waals surface area contributed by atoms with E-state index in [9.17, 15) is 14.9 Å². The maximum Gasteiger partial charge on any atom is 0.322 e. The summed E-state index contributed by atoms with van der Waals surface area (Å²) in [6.45, 7) is 0.476. The van der Waals surface area contributed by atoms with E-state index in [4.69, 9.17) is 9.68 Å². The van der Waals surface area contributed by atoms with Gasteiger partial charge in [0.25, 0.3) is 5.69 Å². The summed E-state index contributed by atoms with van der Waals surface area (Å²) in [6.07, 6.45) is 1.69. The molecule has 0 radical (unpaired) electrons. The maximum atomic E-state index is 12.3. The van der Waals surface area contributed by atoms with Crippen molar-refractivity contribution < 1.29 is 14.1 Å². The molecule has 2 aromatic rings. The van der Waals surface area contributed by atoms with Gasteiger partial charge in [-0.05, 0) is 24.3 Å². The van der Waals surface area contributed by atoms with Gasteiger partial charge in [0.05, 0.1) is 30.2 Å². The molecule has 2 rings (SSSR count). The maximum absolute atomic E-state index is 12.3. The summed E-state index contributed by atoms with van der Waals surface area (Å²) in [5, 5.41) is 21.9. The predicted octanol–water partition coefficient (Wildman–Crippen LogP) is 3.14. The lowest BCUT2D eigenvalue weighted by Gasteiger charge is -2.21. The first-order chi connectivity index (χ1) is 11.1. The van der Waals surface area contributed by atoms with Crippen molar-refractivity contribution >= 4 is 17.4 Å². The smallest absolute Gasteiger partial charge is 0.322 e. The Kier molecular flexibility index (Phi) is 5.30. The summed E-state index contributed by atoms with van der Waals surface area (Å²) in [4.78, 5) is 23.8. The first-order valence-electron chi connectivity index (χ1n) is 6.80. The molecule has 1 aromatic carbocycles. The highest BCUT2D eigenvalue weighted by Crippen LogP contribution is 2.16. The van der Waals surface area contributed by atoms with Crippen LogP contribution in [0.2, 0.25) is 0 Å². The predicted molar refractivity (Wildman–Crippen MR) is 81.5 cm³/mol. The Hall–Kier alpha value is -3.34. The van der Waals surface area contributed by atoms with Crippen molar-refractivity contribution in [2.24, 2.45) is 0 Å². The Morgan fingerprint density at radius 3 is 2.65 bits per heavy atom. The zero-order valence-corrected chi connectivity index (χ0v) is 12.1. The van der Waals surface area contributed by atoms with E-state index in [0.29, 0.717) is 11.4 Å². The van der Waals surface area contributed by atoms with Crippen LogP contribution < -0.4 is 5.32 Å². The fourth-order valence-corrected chi connectivity index (χ4v) is 1.90. The van der Waals surface area contributed by atoms with Crippen molar-refractivity contribution in [1.29, 1.82) is 5.26 Å². The van der Waals surface area contributed by atoms with Crippen molar-refractivity contribution in [3.05, 3.63) is 58.5 Å². The van der Waals surface area contributed by atoms with Gasteiger partial charge >= 0.3 is 6.03 Å². The first kappa shape index (κ1) is 16.0. The molecule has 23 heavy (non-hydrogen) atoms. The highest BCUT2D eigenvalue weighted by molar-refractivity contribution is 5.89. The number of furan rings is 1. The second-order valence-electron chi connectivity index (χ2n) is 4.64. The summed E-state index contributed by atoms with van der Waals surface area (Å²) in [5.41, 5.74) is 0.377. The average molecular weight is 314 g/mol. The molecule has 0 atom stereocenters. The van der Waals surface area contributed by atoms with Crippen LogP contribution in [-0.2, 0) is 6.54 Å². The minimum absolute atomic E-state index is 0.0556. The lowest BCUT2D eigenvalue weighted by atomic mass is 10.3. The van der Waals surface area contributed by atoms with E-state index in [0.717, 1.165) is 0 Å². The molecular formula is C15H14N4O4. The lowest BCUT2D eigenvalue weighted by Crippen LogP contribution is -2.35. The number of carbonyl (C=O) groups excluding carboxylic acids is 1. The molecule has 1 heterocycles. The first-order valence-corrected chi connectivity index (χ1v) is 6.80. The molecule has 8 nitrogen and oxygen atoms in total. The van der Waals surface area contributed by atoms with E-state index in [-0.39, 0.29) is 25.2 Å². The molecule has 0 saturated heterocycles. The largest absolute Gasteiger partial charge is 0.467 e. The third kappa shape index (κ3) is 4.57. The van der Waals surface area contributed by atoms with Gasteiger partial charge in [-0.3, -0.25) is 10.1 Å². The fourth-order valence-electron chi connectivity index (χ4n) is 1.90. The molecule has 8 heteroatoms. The number of nitrogens with one attached hydrogen (secondary N) is 1. The Balaban J connectivity index is 2.04. The molecule has 0 unspecified atom stereocenters. The van der Waals surface area contributed by atoms with Gasteiger partial charge in [0.2, 0.25) is 0 Å². The molecule has 118 valence electrons. The summed E-state index contributed by atoms with van der Waals surface area (Å²) < 4.78 is 5.21. The molecule has 0 bridgehead atoms. The molecule has 0 fully saturated rings. The number of hydrogen-bond acceptors (Lipinski definition) is 5. The van der Waals surface area contributed by atoms with Crippen LogP contribution in [0.4, 0.5) is 16.2 Å². The van der Waals surface area contributed by atoms with Crippen molar-refractivity contribution in [3.8, 4) is 6.07 Å². The number of nitriles is 1. The Bertz CT molecular complexity index is 704. The number of rotatable bonds is 6. The molecule has 1 aromatic heterocycles. The summed E-state index contributed by atoms with van der Waals surface area (Å²) in [6, 6.07) is 10.5. The normalized spacial score (nSPS) is 9.87. The molecule has 0 aliphatic carbocycles. The number of non-ortho nitro benzene ring substituents is 1. The third-order valence-electron chi connectivity index (χ3n) is 3.04. The van der Waals surface area contributed by atoms with Crippen LogP contribution in [-0.4, -0.2) is 22.4 Å². The number of carbonyl (C=O) groups is 1. The highest BCUT2D eigenvalue weighted by atomic mass is 16.6. The molecular weight excluding hydrogens is 300 g/mol. The van der Waals surface area contributed by atoms with Crippen molar-refractivity contribution in [2.75, 3.05) is 11.9 Å². The highest BCUT2D eigenvalue weighted by Gasteiger charge is 2.15. The third-order valence-corrected chi connectivity index (χ3v) is 3.04. The molecule has 1 N–H and O–H groups in total. The zero-order chi connectivity index (χ0) is 16.7. The van der Waals surface area contributed by atoms with E-state index >= 15 is 0 Å². The van der Waals surface area contributed by atoms with Gasteiger partial charge in [0, 0.05) is 24.4 Å². The van der Waals surface area contributed by atoms with Crippen LogP contribution >= 0.6 is 0 Å². The van der Waals surface area contributed by atoms with Gasteiger partial charge in [0.15, 0.2) is 0 Å². The van der Waals surface area contributed by atoms with Crippen molar-refractivity contribution in [3.63, 3.8) is 0 Å². The number of nitro benzene ring substituents is 1. The van der Waals surface area contributed by atoms with Crippen LogP contribution in [0.3, 0.4) is 0 Å². The van der Waals surface area contributed by atoms with Crippen LogP contribution in [0.25, 0.3) is 0 Å². The standard InChI is InChI=1S/C15H14N4O4/c16-8-2-9-18(11-14-3-1-10-23-14)15(20)17-12-4-6-13(7-5-12)19(21)22/h1,3-7,10H,2,9,11H2,(H,17,20). The molecule has 0 saturated carbocycles. The quantitative estimate of drug-likeness (QED) is 0.650. The molecule has 2 amide bonds. The van der Waals surface area contributed by atoms with Crippen molar-refractivity contribution in [1.82, 2.24) is 4.90 Å². The number of urea groups is 1. The number of nitro groups is 1. The van der Waals surface area contributed by atoms with E-state index < -0.39 is 11.0 Å². The summed E-state index contributed by atoms with van der Waals surface area (Å²) >= 11 is 0. The van der Waals surface area contributed by atoms with Gasteiger partial charge in [0.1, 0.15) is 5.76 Å². The summed E-state index contributed by atoms with van der Waals surface area (Å²) in [5.74, 6) is 0.599. The number of amides is 2. The monoisotopic (exact) mass is 314 g/mol. The van der Waals surface area contributed by atoms with Gasteiger partial charge in [-0.15, -0.1) is 0 Å². The number of anilines is 1. The second-order valence-corrected chi connectivity index (χ2v) is 4.64. The van der Waals surface area contributed by atoms with Gasteiger partial charge < -0.3 is 14.6 Å². The van der Waals surface area contributed by atoms with E-state index in [1.54, 1.807) is 12.1 Å². The van der Waals surface area contributed by atoms with E-state index in [1.165, 1.54) is 35.4 Å². The second kappa shape index (κ2) is 7.61. The van der Waals surface area contributed by atoms with Crippen LogP contribution in [0.1, 0.15) is 12.2 Å². The Labute approximate surface area is 132 Å². The molecule has 0 aliphatic rings. The minimum atomic E-state index is -0.512. The zero-order valence-electron chi connectivity index (χ0n) is 12.1. The van der Waals surface area contributed by atoms with Crippen LogP contribution in [0, 0.1) is 21.4 Å². The van der Waals surface area contributed by atoms with E-state index in [1.807, 2.05) is 6.07 Å². The van der Waals surface area contributed by atoms with Gasteiger partial charge in [-0.1, -0.05) is 0 Å². The van der Waals surface area contributed by atoms with Crippen molar-refractivity contribution in [2.45, 2.75) is 13.0 Å². The van der Waals surface area contributed by atoms with Crippen LogP contribution in [0.5, 0.6) is 0 Å². The molecule has 0 spiro atoms. The summed E-state index contributed by atoms with van der Waals surface area (Å²) in [7, 11) is 0. The Morgan fingerprint density at radius 1 is 1.35 bits per heavy atom. The average Bonchev–Trinajstić information content (AvgIpc) is 3.05. The Morgan fingerprint density at radius 2 is 2.09 bits per heavy atom. The van der Waals surface area contributed by atoms with Gasteiger partial charge in [-0.25, -0.2) is 4.79 Å². The van der Waals surface area contributed by atoms with E-state index in [2.05, 4.69) is 5.32 Å². The SMILES string of the molecule is N#CCCN(Cc1ccco1)C(=O)Nc1ccc([N+](=O)[O-])cc1. The number of hydrogen-bond donors (Lipinski definition) is 1. The molecule has 0 aliphatic heterocycles. The number of nitrogens with zero attached hydrogens (tertiary/aromatic N) is 3. The minimum Gasteiger partial charge on any atom is -0.467 e. The fraction of sp³-hybridized carbons (Fsp3) is 0.200. The topological polar surface area (TPSA) is 112 Å². The number of benzene rings is 1. The lowest BCUT2D eigenvalue weighted by molar-refractivity contribution is -0.384. The van der Waals surface area contributed by atoms with Crippen LogP contribution in [0.15, 0.2) is 47.1 Å².